The molecule has 0 N–H and O–H groups in total. The Morgan fingerprint density at radius 1 is 0.955 bits per heavy atom. The highest BCUT2D eigenvalue weighted by molar-refractivity contribution is 6.31. The van der Waals surface area contributed by atoms with Gasteiger partial charge in [0.15, 0.2) is 0 Å². The summed E-state index contributed by atoms with van der Waals surface area (Å²) in [4.78, 5) is 17.0. The highest BCUT2D eigenvalue weighted by atomic mass is 35.5. The molecule has 1 aromatic carbocycles. The van der Waals surface area contributed by atoms with Crippen molar-refractivity contribution in [3.8, 4) is 0 Å². The number of fused-ring (bicyclic) bond motifs is 2. The molecule has 0 saturated carbocycles. The number of anilines is 1. The number of halogens is 2. The summed E-state index contributed by atoms with van der Waals surface area (Å²) in [6.45, 7) is 2.92. The Balaban J connectivity index is 1.48. The van der Waals surface area contributed by atoms with Crippen molar-refractivity contribution in [1.82, 2.24) is 19.9 Å². The Labute approximate surface area is 138 Å². The molecule has 2 aromatic rings. The quantitative estimate of drug-likeness (QED) is 0.862. The van der Waals surface area contributed by atoms with E-state index in [0.717, 1.165) is 26.1 Å². The van der Waals surface area contributed by atoms with E-state index >= 15 is 0 Å². The van der Waals surface area contributed by atoms with E-state index in [4.69, 9.17) is 23.2 Å². The van der Waals surface area contributed by atoms with E-state index in [2.05, 4.69) is 55.1 Å². The fourth-order valence-corrected chi connectivity index (χ4v) is 3.81. The topological polar surface area (TPSA) is 45.2 Å². The smallest absolute Gasteiger partial charge is 0.231 e. The Bertz CT molecular complexity index is 661. The first-order valence-electron chi connectivity index (χ1n) is 7.31. The predicted octanol–water partition coefficient (Wildman–Crippen LogP) is 2.64. The number of hydrogen-bond acceptors (Lipinski definition) is 5. The Hall–Kier alpha value is -1.43. The van der Waals surface area contributed by atoms with Crippen molar-refractivity contribution in [2.45, 2.75) is 25.0 Å². The molecule has 0 aliphatic carbocycles. The SMILES string of the molecule is Clc1nc(Cl)nc(N2CC3CC2CN3Cc2ccccc2)n1. The monoisotopic (exact) mass is 335 g/mol. The van der Waals surface area contributed by atoms with Gasteiger partial charge < -0.3 is 4.90 Å². The van der Waals surface area contributed by atoms with Crippen LogP contribution < -0.4 is 4.90 Å². The van der Waals surface area contributed by atoms with Crippen molar-refractivity contribution < 1.29 is 0 Å². The summed E-state index contributed by atoms with van der Waals surface area (Å²) in [6.07, 6.45) is 1.13. The second kappa shape index (κ2) is 5.65. The average molecular weight is 336 g/mol. The van der Waals surface area contributed by atoms with Crippen LogP contribution in [0.1, 0.15) is 12.0 Å². The molecule has 3 heterocycles. The van der Waals surface area contributed by atoms with Gasteiger partial charge in [-0.2, -0.15) is 15.0 Å². The Morgan fingerprint density at radius 3 is 2.32 bits per heavy atom. The lowest BCUT2D eigenvalue weighted by molar-refractivity contribution is 0.229. The van der Waals surface area contributed by atoms with Gasteiger partial charge in [-0.3, -0.25) is 4.90 Å². The van der Waals surface area contributed by atoms with Crippen LogP contribution in [0.2, 0.25) is 10.6 Å². The van der Waals surface area contributed by atoms with E-state index in [1.54, 1.807) is 0 Å². The van der Waals surface area contributed by atoms with Crippen LogP contribution in [-0.4, -0.2) is 45.0 Å². The van der Waals surface area contributed by atoms with Gasteiger partial charge in [0.25, 0.3) is 0 Å². The summed E-state index contributed by atoms with van der Waals surface area (Å²) >= 11 is 11.8. The maximum absolute atomic E-state index is 5.88. The Kier molecular flexibility index (Phi) is 3.64. The normalized spacial score (nSPS) is 24.2. The number of aromatic nitrogens is 3. The Morgan fingerprint density at radius 2 is 1.68 bits per heavy atom. The first kappa shape index (κ1) is 14.2. The van der Waals surface area contributed by atoms with Gasteiger partial charge in [-0.1, -0.05) is 30.3 Å². The molecule has 2 aliphatic heterocycles. The van der Waals surface area contributed by atoms with Crippen molar-refractivity contribution in [2.75, 3.05) is 18.0 Å². The summed E-state index contributed by atoms with van der Waals surface area (Å²) in [5.74, 6) is 0.594. The van der Waals surface area contributed by atoms with Gasteiger partial charge in [-0.25, -0.2) is 0 Å². The molecular formula is C15H15Cl2N5. The van der Waals surface area contributed by atoms with E-state index in [9.17, 15) is 0 Å². The number of nitrogens with zero attached hydrogens (tertiary/aromatic N) is 5. The minimum Gasteiger partial charge on any atom is -0.335 e. The third-order valence-electron chi connectivity index (χ3n) is 4.41. The summed E-state index contributed by atoms with van der Waals surface area (Å²) in [7, 11) is 0. The first-order valence-corrected chi connectivity index (χ1v) is 8.06. The van der Waals surface area contributed by atoms with E-state index in [1.807, 2.05) is 0 Å². The van der Waals surface area contributed by atoms with Gasteiger partial charge in [-0.05, 0) is 35.2 Å². The zero-order chi connectivity index (χ0) is 15.1. The van der Waals surface area contributed by atoms with Gasteiger partial charge in [0.05, 0.1) is 0 Å². The molecule has 1 aromatic heterocycles. The maximum Gasteiger partial charge on any atom is 0.231 e. The molecular weight excluding hydrogens is 321 g/mol. The van der Waals surface area contributed by atoms with Crippen molar-refractivity contribution in [3.63, 3.8) is 0 Å². The van der Waals surface area contributed by atoms with E-state index in [-0.39, 0.29) is 10.6 Å². The van der Waals surface area contributed by atoms with Crippen LogP contribution in [0.5, 0.6) is 0 Å². The van der Waals surface area contributed by atoms with Gasteiger partial charge in [0, 0.05) is 31.7 Å². The molecule has 2 unspecified atom stereocenters. The van der Waals surface area contributed by atoms with E-state index < -0.39 is 0 Å². The molecule has 2 saturated heterocycles. The molecule has 5 nitrogen and oxygen atoms in total. The molecule has 4 rings (SSSR count). The van der Waals surface area contributed by atoms with Gasteiger partial charge in [0.1, 0.15) is 0 Å². The summed E-state index contributed by atoms with van der Waals surface area (Å²) in [5.41, 5.74) is 1.35. The molecule has 7 heteroatoms. The highest BCUT2D eigenvalue weighted by Gasteiger charge is 2.44. The fraction of sp³-hybridized carbons (Fsp3) is 0.400. The van der Waals surface area contributed by atoms with Gasteiger partial charge in [0.2, 0.25) is 16.5 Å². The standard InChI is InChI=1S/C15H15Cl2N5/c16-13-18-14(17)20-15(19-13)22-9-11-6-12(22)8-21(11)7-10-4-2-1-3-5-10/h1-5,11-12H,6-9H2. The predicted molar refractivity (Wildman–Crippen MR) is 86.2 cm³/mol. The van der Waals surface area contributed by atoms with Crippen molar-refractivity contribution in [1.29, 1.82) is 0 Å². The molecule has 2 fully saturated rings. The molecule has 0 radical (unpaired) electrons. The largest absolute Gasteiger partial charge is 0.335 e. The summed E-state index contributed by atoms with van der Waals surface area (Å²) in [6, 6.07) is 11.5. The molecule has 114 valence electrons. The zero-order valence-corrected chi connectivity index (χ0v) is 13.4. The van der Waals surface area contributed by atoms with E-state index in [0.29, 0.717) is 18.0 Å². The molecule has 2 aliphatic rings. The lowest BCUT2D eigenvalue weighted by Gasteiger charge is -2.34. The highest BCUT2D eigenvalue weighted by Crippen LogP contribution is 2.34. The third-order valence-corrected chi connectivity index (χ3v) is 4.75. The van der Waals surface area contributed by atoms with Gasteiger partial charge in [-0.15, -0.1) is 0 Å². The molecule has 0 amide bonds. The minimum atomic E-state index is 0.152. The lowest BCUT2D eigenvalue weighted by Crippen LogP contribution is -2.46. The number of hydrogen-bond donors (Lipinski definition) is 0. The fourth-order valence-electron chi connectivity index (χ4n) is 3.45. The van der Waals surface area contributed by atoms with Crippen LogP contribution in [0.15, 0.2) is 30.3 Å². The van der Waals surface area contributed by atoms with Crippen LogP contribution >= 0.6 is 23.2 Å². The number of likely N-dealkylation sites (tertiary alicyclic amines) is 1. The summed E-state index contributed by atoms with van der Waals surface area (Å²) < 4.78 is 0. The van der Waals surface area contributed by atoms with Crippen LogP contribution in [-0.2, 0) is 6.54 Å². The maximum atomic E-state index is 5.88. The molecule has 0 spiro atoms. The van der Waals surface area contributed by atoms with Crippen LogP contribution in [0, 0.1) is 0 Å². The van der Waals surface area contributed by atoms with Crippen molar-refractivity contribution >= 4 is 29.2 Å². The number of rotatable bonds is 3. The molecule has 22 heavy (non-hydrogen) atoms. The van der Waals surface area contributed by atoms with Crippen LogP contribution in [0.4, 0.5) is 5.95 Å². The number of benzene rings is 1. The zero-order valence-electron chi connectivity index (χ0n) is 11.9. The number of piperazine rings is 1. The minimum absolute atomic E-state index is 0.152. The van der Waals surface area contributed by atoms with Gasteiger partial charge >= 0.3 is 0 Å². The van der Waals surface area contributed by atoms with Crippen molar-refractivity contribution in [3.05, 3.63) is 46.5 Å². The van der Waals surface area contributed by atoms with E-state index in [1.165, 1.54) is 5.56 Å². The van der Waals surface area contributed by atoms with Crippen LogP contribution in [0.25, 0.3) is 0 Å². The molecule has 2 atom stereocenters. The lowest BCUT2D eigenvalue weighted by atomic mass is 10.2. The second-order valence-corrected chi connectivity index (χ2v) is 6.46. The van der Waals surface area contributed by atoms with Crippen LogP contribution in [0.3, 0.4) is 0 Å². The first-order chi connectivity index (χ1) is 10.7. The van der Waals surface area contributed by atoms with Crippen molar-refractivity contribution in [2.24, 2.45) is 0 Å². The third kappa shape index (κ3) is 2.64. The summed E-state index contributed by atoms with van der Waals surface area (Å²) in [5, 5.41) is 0.304. The average Bonchev–Trinajstić information content (AvgIpc) is 3.07. The molecule has 2 bridgehead atoms. The second-order valence-electron chi connectivity index (χ2n) is 5.78.